The number of methoxy groups -OCH3 is 1. The SMILES string of the molecule is COc1cc(/C=C2\SC(=S)N(c3ccc4c(c3)OCO4)C2=O)ccc1OCC#N. The van der Waals surface area contributed by atoms with Crippen LogP contribution in [0.4, 0.5) is 5.69 Å². The van der Waals surface area contributed by atoms with E-state index >= 15 is 0 Å². The zero-order chi connectivity index (χ0) is 20.4. The molecule has 2 aliphatic heterocycles. The predicted octanol–water partition coefficient (Wildman–Crippen LogP) is 3.73. The van der Waals surface area contributed by atoms with Gasteiger partial charge in [0.25, 0.3) is 5.91 Å². The summed E-state index contributed by atoms with van der Waals surface area (Å²) in [4.78, 5) is 14.9. The second-order valence-corrected chi connectivity index (χ2v) is 7.59. The van der Waals surface area contributed by atoms with E-state index < -0.39 is 0 Å². The summed E-state index contributed by atoms with van der Waals surface area (Å²) in [5, 5.41) is 8.66. The minimum atomic E-state index is -0.220. The fraction of sp³-hybridized carbons (Fsp3) is 0.150. The maximum atomic E-state index is 13.0. The van der Waals surface area contributed by atoms with Gasteiger partial charge in [-0.1, -0.05) is 30.0 Å². The van der Waals surface area contributed by atoms with E-state index in [2.05, 4.69) is 0 Å². The quantitative estimate of drug-likeness (QED) is 0.528. The van der Waals surface area contributed by atoms with Crippen LogP contribution in [0.5, 0.6) is 23.0 Å². The summed E-state index contributed by atoms with van der Waals surface area (Å²) in [6.07, 6.45) is 1.74. The summed E-state index contributed by atoms with van der Waals surface area (Å²) < 4.78 is 21.8. The van der Waals surface area contributed by atoms with Crippen LogP contribution in [0.3, 0.4) is 0 Å². The van der Waals surface area contributed by atoms with Crippen molar-refractivity contribution < 1.29 is 23.7 Å². The van der Waals surface area contributed by atoms with Crippen LogP contribution < -0.4 is 23.8 Å². The summed E-state index contributed by atoms with van der Waals surface area (Å²) in [5.41, 5.74) is 1.37. The largest absolute Gasteiger partial charge is 0.493 e. The Morgan fingerprint density at radius 2 is 2.07 bits per heavy atom. The Kier molecular flexibility index (Phi) is 5.29. The third-order valence-electron chi connectivity index (χ3n) is 4.19. The van der Waals surface area contributed by atoms with E-state index in [-0.39, 0.29) is 19.3 Å². The molecule has 2 aromatic rings. The van der Waals surface area contributed by atoms with Crippen molar-refractivity contribution in [3.63, 3.8) is 0 Å². The molecule has 2 heterocycles. The van der Waals surface area contributed by atoms with Crippen molar-refractivity contribution in [3.8, 4) is 29.1 Å². The van der Waals surface area contributed by atoms with Gasteiger partial charge in [0.2, 0.25) is 6.79 Å². The maximum Gasteiger partial charge on any atom is 0.270 e. The van der Waals surface area contributed by atoms with Crippen molar-refractivity contribution in [2.24, 2.45) is 0 Å². The molecule has 0 N–H and O–H groups in total. The number of anilines is 1. The van der Waals surface area contributed by atoms with E-state index in [9.17, 15) is 4.79 Å². The molecule has 0 radical (unpaired) electrons. The fourth-order valence-corrected chi connectivity index (χ4v) is 4.17. The Balaban J connectivity index is 1.60. The van der Waals surface area contributed by atoms with E-state index in [0.29, 0.717) is 37.9 Å². The first-order valence-corrected chi connectivity index (χ1v) is 9.68. The van der Waals surface area contributed by atoms with Gasteiger partial charge in [-0.2, -0.15) is 5.26 Å². The van der Waals surface area contributed by atoms with E-state index in [1.807, 2.05) is 6.07 Å². The molecule has 146 valence electrons. The van der Waals surface area contributed by atoms with Gasteiger partial charge < -0.3 is 18.9 Å². The lowest BCUT2D eigenvalue weighted by molar-refractivity contribution is -0.113. The summed E-state index contributed by atoms with van der Waals surface area (Å²) in [7, 11) is 1.51. The van der Waals surface area contributed by atoms with Crippen LogP contribution in [0.1, 0.15) is 5.56 Å². The number of ether oxygens (including phenoxy) is 4. The van der Waals surface area contributed by atoms with Gasteiger partial charge in [-0.05, 0) is 35.9 Å². The molecule has 0 aromatic heterocycles. The zero-order valence-electron chi connectivity index (χ0n) is 15.2. The molecular weight excluding hydrogens is 412 g/mol. The average Bonchev–Trinajstić information content (AvgIpc) is 3.30. The second-order valence-electron chi connectivity index (χ2n) is 5.91. The number of hydrogen-bond donors (Lipinski definition) is 0. The highest BCUT2D eigenvalue weighted by Crippen LogP contribution is 2.41. The molecule has 1 saturated heterocycles. The topological polar surface area (TPSA) is 81.0 Å². The summed E-state index contributed by atoms with van der Waals surface area (Å²) in [6.45, 7) is 0.0802. The Morgan fingerprint density at radius 3 is 2.86 bits per heavy atom. The highest BCUT2D eigenvalue weighted by Gasteiger charge is 2.34. The third-order valence-corrected chi connectivity index (χ3v) is 5.49. The molecule has 0 unspecified atom stereocenters. The molecule has 4 rings (SSSR count). The number of nitriles is 1. The molecule has 0 spiro atoms. The standard InChI is InChI=1S/C20H14N2O5S2/c1-24-16-8-12(2-4-14(16)25-7-6-21)9-18-19(23)22(20(28)29-18)13-3-5-15-17(10-13)27-11-26-15/h2-5,8-10H,7,11H2,1H3/b18-9-. The summed E-state index contributed by atoms with van der Waals surface area (Å²) in [6, 6.07) is 12.4. The van der Waals surface area contributed by atoms with Gasteiger partial charge in [0.15, 0.2) is 33.9 Å². The van der Waals surface area contributed by atoms with Crippen LogP contribution in [0.25, 0.3) is 6.08 Å². The van der Waals surface area contributed by atoms with E-state index in [1.165, 1.54) is 23.8 Å². The molecule has 2 aliphatic rings. The monoisotopic (exact) mass is 426 g/mol. The van der Waals surface area contributed by atoms with E-state index in [0.717, 1.165) is 5.56 Å². The van der Waals surface area contributed by atoms with Crippen LogP contribution in [-0.2, 0) is 4.79 Å². The number of fused-ring (bicyclic) bond motifs is 1. The Labute approximate surface area is 176 Å². The van der Waals surface area contributed by atoms with Gasteiger partial charge in [0.1, 0.15) is 6.07 Å². The van der Waals surface area contributed by atoms with Crippen LogP contribution in [0, 0.1) is 11.3 Å². The number of carbonyl (C=O) groups is 1. The van der Waals surface area contributed by atoms with Crippen molar-refractivity contribution in [2.45, 2.75) is 0 Å². The van der Waals surface area contributed by atoms with Crippen molar-refractivity contribution in [1.29, 1.82) is 5.26 Å². The van der Waals surface area contributed by atoms with Crippen molar-refractivity contribution >= 4 is 46.0 Å². The number of thiocarbonyl (C=S) groups is 1. The normalized spacial score (nSPS) is 16.3. The average molecular weight is 426 g/mol. The van der Waals surface area contributed by atoms with Crippen molar-refractivity contribution in [1.82, 2.24) is 0 Å². The van der Waals surface area contributed by atoms with Gasteiger partial charge in [0.05, 0.1) is 17.7 Å². The summed E-state index contributed by atoms with van der Waals surface area (Å²) in [5.74, 6) is 1.93. The maximum absolute atomic E-state index is 13.0. The first-order valence-electron chi connectivity index (χ1n) is 8.46. The molecule has 2 aromatic carbocycles. The Morgan fingerprint density at radius 1 is 1.24 bits per heavy atom. The lowest BCUT2D eigenvalue weighted by atomic mass is 10.1. The number of amides is 1. The molecule has 1 amide bonds. The van der Waals surface area contributed by atoms with Crippen LogP contribution in [0.15, 0.2) is 41.3 Å². The third kappa shape index (κ3) is 3.72. The zero-order valence-corrected chi connectivity index (χ0v) is 16.8. The van der Waals surface area contributed by atoms with Gasteiger partial charge >= 0.3 is 0 Å². The van der Waals surface area contributed by atoms with Gasteiger partial charge in [-0.25, -0.2) is 0 Å². The predicted molar refractivity (Wildman–Crippen MR) is 112 cm³/mol. The Bertz CT molecular complexity index is 1080. The van der Waals surface area contributed by atoms with Gasteiger partial charge in [-0.3, -0.25) is 9.69 Å². The first kappa shape index (κ1) is 19.1. The lowest BCUT2D eigenvalue weighted by Gasteiger charge is -2.14. The smallest absolute Gasteiger partial charge is 0.270 e. The summed E-state index contributed by atoms with van der Waals surface area (Å²) >= 11 is 6.64. The number of hydrogen-bond acceptors (Lipinski definition) is 8. The van der Waals surface area contributed by atoms with E-state index in [1.54, 1.807) is 42.5 Å². The molecule has 7 nitrogen and oxygen atoms in total. The van der Waals surface area contributed by atoms with E-state index in [4.69, 9.17) is 36.4 Å². The molecule has 0 aliphatic carbocycles. The van der Waals surface area contributed by atoms with Crippen molar-refractivity contribution in [3.05, 3.63) is 46.9 Å². The van der Waals surface area contributed by atoms with Gasteiger partial charge in [-0.15, -0.1) is 0 Å². The molecule has 0 atom stereocenters. The molecule has 0 bridgehead atoms. The van der Waals surface area contributed by atoms with Crippen LogP contribution >= 0.6 is 24.0 Å². The van der Waals surface area contributed by atoms with Gasteiger partial charge in [0, 0.05) is 6.07 Å². The van der Waals surface area contributed by atoms with Crippen molar-refractivity contribution in [2.75, 3.05) is 25.4 Å². The highest BCUT2D eigenvalue weighted by molar-refractivity contribution is 8.27. The molecule has 0 saturated carbocycles. The second kappa shape index (κ2) is 8.03. The molecule has 9 heteroatoms. The minimum absolute atomic E-state index is 0.0795. The minimum Gasteiger partial charge on any atom is -0.493 e. The molecular formula is C20H14N2O5S2. The first-order chi connectivity index (χ1) is 14.1. The Hall–Kier alpha value is -3.22. The van der Waals surface area contributed by atoms with Crippen LogP contribution in [0.2, 0.25) is 0 Å². The number of thioether (sulfide) groups is 1. The number of carbonyl (C=O) groups excluding carboxylic acids is 1. The lowest BCUT2D eigenvalue weighted by Crippen LogP contribution is -2.27. The number of benzene rings is 2. The number of rotatable bonds is 5. The molecule has 29 heavy (non-hydrogen) atoms. The number of nitrogens with zero attached hydrogens (tertiary/aromatic N) is 2. The fourth-order valence-electron chi connectivity index (χ4n) is 2.87. The van der Waals surface area contributed by atoms with Crippen LogP contribution in [-0.4, -0.2) is 30.7 Å². The highest BCUT2D eigenvalue weighted by atomic mass is 32.2. The molecule has 1 fully saturated rings.